The summed E-state index contributed by atoms with van der Waals surface area (Å²) in [6, 6.07) is 66.4. The minimum atomic E-state index is -1.40. The fourth-order valence-electron chi connectivity index (χ4n) is 5.52. The maximum absolute atomic E-state index is 10.4. The SMILES string of the molecule is Cc1ccccc1[PH+](c1ccccc1C)c1cc(O)ccc1O.[Ni].[c-]1ccccc1.c1ccc([PH+](c2ccccc2)c2ccccc2)cc1. The molecule has 7 aromatic carbocycles. The predicted molar refractivity (Wildman–Crippen MR) is 211 cm³/mol. The summed E-state index contributed by atoms with van der Waals surface area (Å²) < 4.78 is 0. The Kier molecular flexibility index (Phi) is 14.8. The first-order chi connectivity index (χ1) is 23.5. The number of phenolic OH excluding ortho intramolecular Hbond substituents is 2. The molecule has 0 heterocycles. The third-order valence-electron chi connectivity index (χ3n) is 7.87. The molecule has 0 saturated carbocycles. The second kappa shape index (κ2) is 19.5. The second-order valence-corrected chi connectivity index (χ2v) is 16.1. The Morgan fingerprint density at radius 3 is 1.16 bits per heavy atom. The van der Waals surface area contributed by atoms with Crippen LogP contribution in [0.25, 0.3) is 0 Å². The van der Waals surface area contributed by atoms with Gasteiger partial charge >= 0.3 is 0 Å². The summed E-state index contributed by atoms with van der Waals surface area (Å²) in [5.74, 6) is 0.422. The van der Waals surface area contributed by atoms with Crippen LogP contribution in [0.2, 0.25) is 0 Å². The van der Waals surface area contributed by atoms with Gasteiger partial charge in [-0.2, -0.15) is 36.4 Å². The van der Waals surface area contributed by atoms with Crippen molar-refractivity contribution in [1.29, 1.82) is 0 Å². The van der Waals surface area contributed by atoms with Gasteiger partial charge in [-0.1, -0.05) is 91.0 Å². The molecule has 7 aromatic rings. The molecule has 0 aliphatic heterocycles. The van der Waals surface area contributed by atoms with E-state index >= 15 is 0 Å². The number of phenols is 2. The number of hydrogen-bond donors (Lipinski definition) is 2. The van der Waals surface area contributed by atoms with Crippen molar-refractivity contribution in [2.45, 2.75) is 13.8 Å². The van der Waals surface area contributed by atoms with Crippen LogP contribution < -0.4 is 31.8 Å². The van der Waals surface area contributed by atoms with Gasteiger partial charge in [-0.05, 0) is 85.6 Å². The van der Waals surface area contributed by atoms with Gasteiger partial charge in [0.15, 0.2) is 5.75 Å². The van der Waals surface area contributed by atoms with E-state index in [-0.39, 0.29) is 28.0 Å². The zero-order valence-electron chi connectivity index (χ0n) is 27.6. The first kappa shape index (κ1) is 37.3. The van der Waals surface area contributed by atoms with E-state index in [2.05, 4.69) is 135 Å². The van der Waals surface area contributed by atoms with Crippen LogP contribution in [0.1, 0.15) is 11.1 Å². The van der Waals surface area contributed by atoms with Gasteiger partial charge < -0.3 is 10.2 Å². The summed E-state index contributed by atoms with van der Waals surface area (Å²) in [5.41, 5.74) is 2.40. The fraction of sp³-hybridized carbons (Fsp3) is 0.0455. The largest absolute Gasteiger partial charge is 0.508 e. The molecule has 0 aliphatic rings. The molecule has 0 bridgehead atoms. The normalized spacial score (nSPS) is 10.2. The Morgan fingerprint density at radius 1 is 0.408 bits per heavy atom. The molecule has 0 radical (unpaired) electrons. The number of aryl methyl sites for hydroxylation is 2. The summed E-state index contributed by atoms with van der Waals surface area (Å²) in [4.78, 5) is 0. The van der Waals surface area contributed by atoms with Gasteiger partial charge in [0.1, 0.15) is 45.5 Å². The third-order valence-corrected chi connectivity index (χ3v) is 13.7. The maximum atomic E-state index is 10.4. The summed E-state index contributed by atoms with van der Waals surface area (Å²) in [7, 11) is -2.28. The molecule has 0 fully saturated rings. The van der Waals surface area contributed by atoms with Crippen molar-refractivity contribution in [3.05, 3.63) is 205 Å². The molecule has 0 aromatic heterocycles. The van der Waals surface area contributed by atoms with Gasteiger partial charge in [-0.25, -0.2) is 0 Å². The molecule has 0 atom stereocenters. The molecule has 7 rings (SSSR count). The van der Waals surface area contributed by atoms with Crippen LogP contribution in [0.4, 0.5) is 0 Å². The molecule has 49 heavy (non-hydrogen) atoms. The van der Waals surface area contributed by atoms with E-state index in [1.165, 1.54) is 43.7 Å². The molecule has 0 aliphatic carbocycles. The Morgan fingerprint density at radius 2 is 0.796 bits per heavy atom. The number of rotatable bonds is 6. The smallest absolute Gasteiger partial charge is 0.158 e. The van der Waals surface area contributed by atoms with E-state index in [0.29, 0.717) is 0 Å². The van der Waals surface area contributed by atoms with Gasteiger partial charge in [0.05, 0.1) is 7.92 Å². The Labute approximate surface area is 303 Å². The molecular formula is C44H41NiO2P2+. The van der Waals surface area contributed by atoms with Crippen molar-refractivity contribution in [2.24, 2.45) is 0 Å². The van der Waals surface area contributed by atoms with Crippen LogP contribution in [0.3, 0.4) is 0 Å². The molecule has 2 nitrogen and oxygen atoms in total. The van der Waals surface area contributed by atoms with Crippen molar-refractivity contribution < 1.29 is 26.7 Å². The van der Waals surface area contributed by atoms with Crippen LogP contribution in [0, 0.1) is 19.9 Å². The number of aromatic hydroxyl groups is 2. The predicted octanol–water partition coefficient (Wildman–Crippen LogP) is 7.87. The van der Waals surface area contributed by atoms with Crippen LogP contribution in [-0.2, 0) is 16.5 Å². The van der Waals surface area contributed by atoms with Gasteiger partial charge in [0.25, 0.3) is 0 Å². The number of benzene rings is 7. The van der Waals surface area contributed by atoms with Gasteiger partial charge in [0, 0.05) is 22.6 Å². The molecule has 0 amide bonds. The monoisotopic (exact) mass is 721 g/mol. The Balaban J connectivity index is 0.000000187. The average molecular weight is 722 g/mol. The van der Waals surface area contributed by atoms with Crippen molar-refractivity contribution in [2.75, 3.05) is 0 Å². The van der Waals surface area contributed by atoms with Gasteiger partial charge in [0.2, 0.25) is 0 Å². The topological polar surface area (TPSA) is 40.5 Å². The van der Waals surface area contributed by atoms with Crippen molar-refractivity contribution in [3.63, 3.8) is 0 Å². The van der Waals surface area contributed by atoms with Gasteiger partial charge in [-0.15, -0.1) is 0 Å². The summed E-state index contributed by atoms with van der Waals surface area (Å²) in [6.45, 7) is 4.19. The van der Waals surface area contributed by atoms with E-state index in [0.717, 1.165) is 5.30 Å². The first-order valence-corrected chi connectivity index (χ1v) is 19.0. The Bertz CT molecular complexity index is 1810. The van der Waals surface area contributed by atoms with E-state index in [4.69, 9.17) is 0 Å². The van der Waals surface area contributed by atoms with Crippen LogP contribution in [-0.4, -0.2) is 10.2 Å². The van der Waals surface area contributed by atoms with Crippen molar-refractivity contribution in [3.8, 4) is 11.5 Å². The molecule has 248 valence electrons. The molecule has 0 spiro atoms. The average Bonchev–Trinajstić information content (AvgIpc) is 3.14. The molecule has 2 N–H and O–H groups in total. The third kappa shape index (κ3) is 10.5. The maximum Gasteiger partial charge on any atom is 0.158 e. The van der Waals surface area contributed by atoms with E-state index in [1.54, 1.807) is 12.1 Å². The molecule has 0 saturated heterocycles. The van der Waals surface area contributed by atoms with Crippen LogP contribution in [0.5, 0.6) is 11.5 Å². The van der Waals surface area contributed by atoms with Gasteiger partial charge in [-0.3, -0.25) is 0 Å². The van der Waals surface area contributed by atoms with Crippen molar-refractivity contribution >= 4 is 47.7 Å². The summed E-state index contributed by atoms with van der Waals surface area (Å²) in [5, 5.41) is 27.9. The minimum absolute atomic E-state index is 0. The quantitative estimate of drug-likeness (QED) is 0.0795. The summed E-state index contributed by atoms with van der Waals surface area (Å²) >= 11 is 0. The molecule has 5 heteroatoms. The van der Waals surface area contributed by atoms with E-state index in [9.17, 15) is 10.2 Å². The molecular weight excluding hydrogens is 681 g/mol. The zero-order chi connectivity index (χ0) is 33.6. The first-order valence-electron chi connectivity index (χ1n) is 16.0. The standard InChI is InChI=1S/C20H19O2P.C18H15P.C6H5.Ni/c1-14-7-3-5-9-18(14)23(19-10-6-4-8-15(19)2)20-13-16(21)11-12-17(20)22;1-4-10-16(11-5-1)19(17-12-6-2-7-13-17)18-14-8-3-9-15-18;1-2-4-6-5-3-1;/h3-13,21-22H,1-2H3;1-15H;1-5H;/q;;-1;/p+2. The van der Waals surface area contributed by atoms with E-state index in [1.807, 2.05) is 54.6 Å². The summed E-state index contributed by atoms with van der Waals surface area (Å²) in [6.07, 6.45) is 0. The number of hydrogen-bond acceptors (Lipinski definition) is 2. The second-order valence-electron chi connectivity index (χ2n) is 11.3. The van der Waals surface area contributed by atoms with E-state index < -0.39 is 15.8 Å². The van der Waals surface area contributed by atoms with Crippen LogP contribution in [0.15, 0.2) is 188 Å². The van der Waals surface area contributed by atoms with Crippen molar-refractivity contribution in [1.82, 2.24) is 0 Å². The zero-order valence-corrected chi connectivity index (χ0v) is 30.6. The Hall–Kier alpha value is -4.51. The molecule has 0 unspecified atom stereocenters. The minimum Gasteiger partial charge on any atom is -0.508 e. The fourth-order valence-corrected chi connectivity index (χ4v) is 11.1. The van der Waals surface area contributed by atoms with Crippen LogP contribution >= 0.6 is 15.8 Å².